The second kappa shape index (κ2) is 74.5. The van der Waals surface area contributed by atoms with Crippen molar-refractivity contribution in [3.63, 3.8) is 0 Å². The summed E-state index contributed by atoms with van der Waals surface area (Å²) in [6.45, 7) is 29.4. The molecule has 0 fully saturated rings. The van der Waals surface area contributed by atoms with Crippen molar-refractivity contribution in [2.45, 2.75) is 255 Å². The Morgan fingerprint density at radius 2 is 0.341 bits per heavy atom. The molecule has 7 nitrogen and oxygen atoms in total. The summed E-state index contributed by atoms with van der Waals surface area (Å²) in [5.74, 6) is 3.21. The molecule has 0 saturated heterocycles. The van der Waals surface area contributed by atoms with Crippen LogP contribution in [0.15, 0.2) is 146 Å². The third-order valence-corrected chi connectivity index (χ3v) is 9.02. The van der Waals surface area contributed by atoms with Crippen LogP contribution < -0.4 is 4.74 Å². The number of rotatable bonds is 8. The van der Waals surface area contributed by atoms with E-state index in [1.165, 1.54) is 0 Å². The first-order chi connectivity index (χ1) is 33.4. The minimum atomic E-state index is 0. The van der Waals surface area contributed by atoms with Gasteiger partial charge in [0.15, 0.2) is 0 Å². The fraction of sp³-hybridized carbons (Fsp3) is 0.487. The summed E-state index contributed by atoms with van der Waals surface area (Å²) in [6.07, 6.45) is 0. The maximum absolute atomic E-state index is 9.23. The van der Waals surface area contributed by atoms with Gasteiger partial charge in [-0.15, -0.1) is 0 Å². The Labute approximate surface area is 533 Å². The van der Waals surface area contributed by atoms with E-state index < -0.39 is 0 Å². The molecule has 8 rings (SSSR count). The molecule has 0 atom stereocenters. The van der Waals surface area contributed by atoms with E-state index >= 15 is 0 Å². The minimum absolute atomic E-state index is 0. The van der Waals surface area contributed by atoms with Gasteiger partial charge in [-0.2, -0.15) is 0 Å². The summed E-state index contributed by atoms with van der Waals surface area (Å²) in [4.78, 5) is 0. The molecule has 0 radical (unpaired) electrons. The van der Waals surface area contributed by atoms with Gasteiger partial charge in [0.05, 0.1) is 39.6 Å². The van der Waals surface area contributed by atoms with E-state index in [0.717, 1.165) is 99.8 Å². The largest absolute Gasteiger partial charge is 0.457 e. The molecule has 7 heteroatoms. The molecule has 0 spiro atoms. The third-order valence-electron chi connectivity index (χ3n) is 9.02. The normalized spacial score (nSPS) is 7.93. The molecule has 0 aromatic heterocycles. The number of benzene rings is 8. The zero-order valence-corrected chi connectivity index (χ0v) is 44.3. The van der Waals surface area contributed by atoms with Gasteiger partial charge in [-0.25, -0.2) is 0 Å². The van der Waals surface area contributed by atoms with E-state index in [-0.39, 0.29) is 158 Å². The minimum Gasteiger partial charge on any atom is -0.457 e. The van der Waals surface area contributed by atoms with Gasteiger partial charge in [-0.1, -0.05) is 301 Å². The lowest BCUT2D eigenvalue weighted by Gasteiger charge is -2.09. The topological polar surface area (TPSA) is 131 Å². The van der Waals surface area contributed by atoms with Crippen molar-refractivity contribution in [2.24, 2.45) is 11.8 Å². The van der Waals surface area contributed by atoms with Crippen LogP contribution in [0.1, 0.15) is 249 Å². The predicted octanol–water partition coefficient (Wildman–Crippen LogP) is 26.0. The fourth-order valence-corrected chi connectivity index (χ4v) is 6.09. The van der Waals surface area contributed by atoms with Crippen LogP contribution in [0.5, 0.6) is 11.5 Å². The highest BCUT2D eigenvalue weighted by Gasteiger charge is 2.04. The van der Waals surface area contributed by atoms with E-state index in [9.17, 15) is 10.2 Å². The highest BCUT2D eigenvalue weighted by Crippen LogP contribution is 2.29. The number of aliphatic hydroxyl groups excluding tert-OH is 6. The molecule has 0 aliphatic rings. The highest BCUT2D eigenvalue weighted by molar-refractivity contribution is 5.87. The molecule has 0 amide bonds. The molecule has 0 aliphatic carbocycles. The second-order valence-electron chi connectivity index (χ2n) is 16.2. The van der Waals surface area contributed by atoms with Crippen molar-refractivity contribution in [3.8, 4) is 11.5 Å². The van der Waals surface area contributed by atoms with Crippen LogP contribution in [0, 0.1) is 11.8 Å². The molecule has 0 bridgehead atoms. The van der Waals surface area contributed by atoms with Gasteiger partial charge in [-0.05, 0) is 149 Å². The standard InChI is InChI=1S/C22H18O3.2C12H12O2.2C4H10.4C2H6.16CH4/c23-13-15-1-3-19-11-21(7-5-17(19)9-15)25-22-8-6-18-10-16(14-24)2-4-20(18)12-22;2*13-7-9-1-3-11-6-10(8-14)2-4-12(11)5-9;2*1-4(2)3;4*1-2;;;;;;;;;;;;;;;;/h1-12,23-24H,13-14H2;2*1-6,13-14H,7-8H2;2*4H,1-3H3;4*1-2H3;16*1H4. The van der Waals surface area contributed by atoms with Gasteiger partial charge >= 0.3 is 0 Å². The summed E-state index contributed by atoms with van der Waals surface area (Å²) in [7, 11) is 0. The Bertz CT molecular complexity index is 2310. The van der Waals surface area contributed by atoms with Crippen molar-refractivity contribution in [2.75, 3.05) is 0 Å². The van der Waals surface area contributed by atoms with Crippen molar-refractivity contribution in [1.29, 1.82) is 0 Å². The lowest BCUT2D eigenvalue weighted by Crippen LogP contribution is -1.87. The summed E-state index contributed by atoms with van der Waals surface area (Å²) < 4.78 is 6.01. The molecule has 8 aromatic rings. The number of ether oxygens (including phenoxy) is 1. The van der Waals surface area contributed by atoms with Crippen molar-refractivity contribution in [1.82, 2.24) is 0 Å². The maximum Gasteiger partial charge on any atom is 0.128 e. The SMILES string of the molecule is C.C.C.C.C.C.C.C.C.C.C.C.C.C.C.C.CC.CC.CC.CC.CC(C)C.CC(C)C.OCc1ccc2cc(CO)ccc2c1.OCc1ccc2cc(CO)ccc2c1.OCc1ccc2cc(Oc3ccc4cc(CO)ccc4c3)ccc2c1. The Balaban J connectivity index is -0.0000000459. The Hall–Kier alpha value is -5.64. The lowest BCUT2D eigenvalue weighted by molar-refractivity contribution is 0.281. The van der Waals surface area contributed by atoms with Crippen LogP contribution in [0.3, 0.4) is 0 Å². The van der Waals surface area contributed by atoms with Crippen LogP contribution in [0.4, 0.5) is 0 Å². The quantitative estimate of drug-likeness (QED) is 0.0893. The van der Waals surface area contributed by atoms with Gasteiger partial charge in [0, 0.05) is 0 Å². The monoisotopic (exact) mass is 1200 g/mol. The zero-order chi connectivity index (χ0) is 52.3. The molecule has 0 heterocycles. The summed E-state index contributed by atoms with van der Waals surface area (Å²) in [5.41, 5.74) is 5.45. The first-order valence-electron chi connectivity index (χ1n) is 24.8. The Kier molecular flexibility index (Phi) is 110. The first kappa shape index (κ1) is 125. The van der Waals surface area contributed by atoms with Crippen molar-refractivity contribution in [3.05, 3.63) is 179 Å². The molecule has 0 saturated carbocycles. The molecule has 504 valence electrons. The van der Waals surface area contributed by atoms with Gasteiger partial charge < -0.3 is 35.4 Å². The molecule has 85 heavy (non-hydrogen) atoms. The zero-order valence-electron chi connectivity index (χ0n) is 44.3. The van der Waals surface area contributed by atoms with Crippen LogP contribution in [0.25, 0.3) is 43.1 Å². The highest BCUT2D eigenvalue weighted by atomic mass is 16.5. The average molecular weight is 1200 g/mol. The van der Waals surface area contributed by atoms with Gasteiger partial charge in [0.25, 0.3) is 0 Å². The number of hydrogen-bond donors (Lipinski definition) is 6. The number of fused-ring (bicyclic) bond motifs is 4. The Morgan fingerprint density at radius 3 is 0.471 bits per heavy atom. The van der Waals surface area contributed by atoms with E-state index in [1.54, 1.807) is 0 Å². The number of hydrogen-bond acceptors (Lipinski definition) is 7. The molecule has 0 aliphatic heterocycles. The van der Waals surface area contributed by atoms with Crippen LogP contribution >= 0.6 is 0 Å². The Morgan fingerprint density at radius 1 is 0.224 bits per heavy atom. The van der Waals surface area contributed by atoms with Crippen LogP contribution in [-0.4, -0.2) is 30.6 Å². The van der Waals surface area contributed by atoms with Gasteiger partial charge in [0.1, 0.15) is 11.5 Å². The van der Waals surface area contributed by atoms with E-state index in [2.05, 4.69) is 41.5 Å². The van der Waals surface area contributed by atoms with Crippen LogP contribution in [0.2, 0.25) is 0 Å². The van der Waals surface area contributed by atoms with Crippen molar-refractivity contribution >= 4 is 43.1 Å². The van der Waals surface area contributed by atoms with Crippen molar-refractivity contribution < 1.29 is 35.4 Å². The molecule has 0 unspecified atom stereocenters. The van der Waals surface area contributed by atoms with E-state index in [4.69, 9.17) is 25.2 Å². The van der Waals surface area contributed by atoms with Gasteiger partial charge in [0.2, 0.25) is 0 Å². The molecular formula is C78H150O7. The summed E-state index contributed by atoms with van der Waals surface area (Å²) >= 11 is 0. The smallest absolute Gasteiger partial charge is 0.128 e. The number of aliphatic hydroxyl groups is 6. The molecule has 6 N–H and O–H groups in total. The lowest BCUT2D eigenvalue weighted by atomic mass is 10.0. The second-order valence-corrected chi connectivity index (χ2v) is 16.2. The summed E-state index contributed by atoms with van der Waals surface area (Å²) in [6, 6.07) is 46.9. The summed E-state index contributed by atoms with van der Waals surface area (Å²) in [5, 5.41) is 63.0. The first-order valence-corrected chi connectivity index (χ1v) is 24.8. The van der Waals surface area contributed by atoms with Gasteiger partial charge in [-0.3, -0.25) is 0 Å². The fourth-order valence-electron chi connectivity index (χ4n) is 6.09. The third kappa shape index (κ3) is 47.2. The van der Waals surface area contributed by atoms with E-state index in [1.807, 2.05) is 201 Å². The average Bonchev–Trinajstić information content (AvgIpc) is 3.40. The molecule has 8 aromatic carbocycles. The predicted molar refractivity (Wildman–Crippen MR) is 406 cm³/mol. The maximum atomic E-state index is 9.23. The van der Waals surface area contributed by atoms with E-state index in [0.29, 0.717) is 0 Å². The molecular weight excluding hydrogens is 1050 g/mol. The van der Waals surface area contributed by atoms with Crippen LogP contribution in [-0.2, 0) is 39.6 Å².